The first-order chi connectivity index (χ1) is 9.06. The number of amides is 1. The van der Waals surface area contributed by atoms with Gasteiger partial charge >= 0.3 is 6.09 Å². The van der Waals surface area contributed by atoms with E-state index in [0.717, 1.165) is 18.4 Å². The van der Waals surface area contributed by atoms with Gasteiger partial charge in [0.25, 0.3) is 0 Å². The lowest BCUT2D eigenvalue weighted by Crippen LogP contribution is -2.36. The molecule has 2 rings (SSSR count). The van der Waals surface area contributed by atoms with Gasteiger partial charge in [-0.25, -0.2) is 9.18 Å². The van der Waals surface area contributed by atoms with Gasteiger partial charge in [0.15, 0.2) is 0 Å². The van der Waals surface area contributed by atoms with E-state index in [0.29, 0.717) is 24.0 Å². The van der Waals surface area contributed by atoms with E-state index in [1.165, 1.54) is 17.0 Å². The molecule has 1 aromatic rings. The highest BCUT2D eigenvalue weighted by atomic mass is 35.5. The molecular formula is C14H15ClFNO2. The van der Waals surface area contributed by atoms with Crippen molar-refractivity contribution in [1.29, 1.82) is 0 Å². The summed E-state index contributed by atoms with van der Waals surface area (Å²) in [5, 5.41) is 9.24. The Morgan fingerprint density at radius 1 is 1.42 bits per heavy atom. The molecule has 1 fully saturated rings. The SMILES string of the molecule is O=C(O)N1CCC(C=Cc2ccc(F)cc2Cl)CC1. The average Bonchev–Trinajstić information content (AvgIpc) is 2.38. The highest BCUT2D eigenvalue weighted by Gasteiger charge is 2.20. The number of likely N-dealkylation sites (tertiary alicyclic amines) is 1. The Kier molecular flexibility index (Phi) is 4.43. The van der Waals surface area contributed by atoms with Crippen LogP contribution in [-0.4, -0.2) is 29.2 Å². The maximum atomic E-state index is 12.9. The fourth-order valence-electron chi connectivity index (χ4n) is 2.16. The van der Waals surface area contributed by atoms with Crippen molar-refractivity contribution >= 4 is 23.8 Å². The van der Waals surface area contributed by atoms with Gasteiger partial charge in [-0.1, -0.05) is 29.8 Å². The molecule has 0 unspecified atom stereocenters. The van der Waals surface area contributed by atoms with Gasteiger partial charge in [0.2, 0.25) is 0 Å². The topological polar surface area (TPSA) is 40.5 Å². The second-order valence-corrected chi connectivity index (χ2v) is 5.04. The summed E-state index contributed by atoms with van der Waals surface area (Å²) in [5.74, 6) is -0.00589. The van der Waals surface area contributed by atoms with Crippen LogP contribution in [0.1, 0.15) is 18.4 Å². The van der Waals surface area contributed by atoms with Crippen molar-refractivity contribution in [3.63, 3.8) is 0 Å². The summed E-state index contributed by atoms with van der Waals surface area (Å²) >= 11 is 5.93. The number of carboxylic acid groups (broad SMARTS) is 1. The first-order valence-electron chi connectivity index (χ1n) is 6.17. The third-order valence-corrected chi connectivity index (χ3v) is 3.65. The van der Waals surface area contributed by atoms with E-state index in [9.17, 15) is 9.18 Å². The maximum absolute atomic E-state index is 12.9. The lowest BCUT2D eigenvalue weighted by molar-refractivity contribution is 0.129. The molecule has 0 saturated carbocycles. The zero-order valence-electron chi connectivity index (χ0n) is 10.4. The Labute approximate surface area is 116 Å². The minimum atomic E-state index is -0.857. The van der Waals surface area contributed by atoms with E-state index in [1.54, 1.807) is 6.07 Å². The molecule has 0 aliphatic carbocycles. The van der Waals surface area contributed by atoms with Crippen molar-refractivity contribution < 1.29 is 14.3 Å². The van der Waals surface area contributed by atoms with Gasteiger partial charge < -0.3 is 10.0 Å². The Morgan fingerprint density at radius 3 is 2.68 bits per heavy atom. The third kappa shape index (κ3) is 3.70. The van der Waals surface area contributed by atoms with Crippen LogP contribution in [0.3, 0.4) is 0 Å². The van der Waals surface area contributed by atoms with Crippen LogP contribution in [0.25, 0.3) is 6.08 Å². The molecule has 3 nitrogen and oxygen atoms in total. The van der Waals surface area contributed by atoms with E-state index in [1.807, 2.05) is 12.2 Å². The van der Waals surface area contributed by atoms with E-state index < -0.39 is 6.09 Å². The van der Waals surface area contributed by atoms with E-state index in [2.05, 4.69) is 0 Å². The van der Waals surface area contributed by atoms with Crippen LogP contribution in [0, 0.1) is 11.7 Å². The Morgan fingerprint density at radius 2 is 2.11 bits per heavy atom. The predicted octanol–water partition coefficient (Wildman–Crippen LogP) is 3.88. The minimum Gasteiger partial charge on any atom is -0.465 e. The van der Waals surface area contributed by atoms with Crippen molar-refractivity contribution in [2.45, 2.75) is 12.8 Å². The highest BCUT2D eigenvalue weighted by Crippen LogP contribution is 2.23. The van der Waals surface area contributed by atoms with E-state index >= 15 is 0 Å². The molecule has 102 valence electrons. The molecule has 5 heteroatoms. The van der Waals surface area contributed by atoms with Crippen molar-refractivity contribution in [2.75, 3.05) is 13.1 Å². The number of hydrogen-bond acceptors (Lipinski definition) is 1. The maximum Gasteiger partial charge on any atom is 0.407 e. The van der Waals surface area contributed by atoms with Crippen molar-refractivity contribution in [1.82, 2.24) is 4.90 Å². The Balaban J connectivity index is 1.95. The first-order valence-corrected chi connectivity index (χ1v) is 6.55. The van der Waals surface area contributed by atoms with Crippen LogP contribution in [0.2, 0.25) is 5.02 Å². The zero-order valence-corrected chi connectivity index (χ0v) is 11.1. The summed E-state index contributed by atoms with van der Waals surface area (Å²) in [7, 11) is 0. The standard InChI is InChI=1S/C14H15ClFNO2/c15-13-9-12(16)4-3-11(13)2-1-10-5-7-17(8-6-10)14(18)19/h1-4,9-10H,5-8H2,(H,18,19). The number of allylic oxidation sites excluding steroid dienone is 1. The second kappa shape index (κ2) is 6.06. The fourth-order valence-corrected chi connectivity index (χ4v) is 2.39. The molecule has 19 heavy (non-hydrogen) atoms. The summed E-state index contributed by atoms with van der Waals surface area (Å²) in [4.78, 5) is 12.2. The molecule has 1 saturated heterocycles. The number of piperidine rings is 1. The van der Waals surface area contributed by atoms with Crippen LogP contribution < -0.4 is 0 Å². The van der Waals surface area contributed by atoms with Gasteiger partial charge in [-0.05, 0) is 36.5 Å². The summed E-state index contributed by atoms with van der Waals surface area (Å²) in [6, 6.07) is 4.30. The Bertz CT molecular complexity index is 496. The van der Waals surface area contributed by atoms with Gasteiger partial charge in [-0.3, -0.25) is 0 Å². The normalized spacial score (nSPS) is 17.1. The number of halogens is 2. The quantitative estimate of drug-likeness (QED) is 0.895. The first kappa shape index (κ1) is 13.9. The predicted molar refractivity (Wildman–Crippen MR) is 72.8 cm³/mol. The van der Waals surface area contributed by atoms with Gasteiger partial charge in [0, 0.05) is 13.1 Å². The van der Waals surface area contributed by atoms with E-state index in [-0.39, 0.29) is 5.82 Å². The molecule has 1 aromatic carbocycles. The minimum absolute atomic E-state index is 0.344. The largest absolute Gasteiger partial charge is 0.465 e. The molecule has 0 radical (unpaired) electrons. The third-order valence-electron chi connectivity index (χ3n) is 3.32. The molecule has 0 spiro atoms. The Hall–Kier alpha value is -1.55. The van der Waals surface area contributed by atoms with Crippen molar-refractivity contribution in [2.24, 2.45) is 5.92 Å². The fraction of sp³-hybridized carbons (Fsp3) is 0.357. The molecule has 1 aliphatic rings. The number of hydrogen-bond donors (Lipinski definition) is 1. The number of rotatable bonds is 2. The van der Waals surface area contributed by atoms with Gasteiger partial charge in [0.1, 0.15) is 5.82 Å². The number of benzene rings is 1. The van der Waals surface area contributed by atoms with Crippen LogP contribution in [0.15, 0.2) is 24.3 Å². The zero-order chi connectivity index (χ0) is 13.8. The monoisotopic (exact) mass is 283 g/mol. The van der Waals surface area contributed by atoms with Crippen LogP contribution in [0.4, 0.5) is 9.18 Å². The van der Waals surface area contributed by atoms with Gasteiger partial charge in [0.05, 0.1) is 5.02 Å². The molecule has 1 N–H and O–H groups in total. The molecule has 0 atom stereocenters. The molecule has 1 heterocycles. The number of nitrogens with zero attached hydrogens (tertiary/aromatic N) is 1. The van der Waals surface area contributed by atoms with Crippen molar-refractivity contribution in [3.8, 4) is 0 Å². The molecular weight excluding hydrogens is 269 g/mol. The molecule has 1 aliphatic heterocycles. The molecule has 0 aromatic heterocycles. The van der Waals surface area contributed by atoms with E-state index in [4.69, 9.17) is 16.7 Å². The lowest BCUT2D eigenvalue weighted by atomic mass is 9.96. The number of carbonyl (C=O) groups is 1. The molecule has 1 amide bonds. The van der Waals surface area contributed by atoms with Crippen LogP contribution >= 0.6 is 11.6 Å². The molecule has 0 bridgehead atoms. The summed E-state index contributed by atoms with van der Waals surface area (Å²) in [6.45, 7) is 1.11. The van der Waals surface area contributed by atoms with Gasteiger partial charge in [-0.2, -0.15) is 0 Å². The summed E-state index contributed by atoms with van der Waals surface area (Å²) in [6.07, 6.45) is 4.66. The summed E-state index contributed by atoms with van der Waals surface area (Å²) < 4.78 is 12.9. The smallest absolute Gasteiger partial charge is 0.407 e. The highest BCUT2D eigenvalue weighted by molar-refractivity contribution is 6.32. The average molecular weight is 284 g/mol. The van der Waals surface area contributed by atoms with Crippen molar-refractivity contribution in [3.05, 3.63) is 40.7 Å². The van der Waals surface area contributed by atoms with Gasteiger partial charge in [-0.15, -0.1) is 0 Å². The van der Waals surface area contributed by atoms with Crippen LogP contribution in [-0.2, 0) is 0 Å². The van der Waals surface area contributed by atoms with Crippen LogP contribution in [0.5, 0.6) is 0 Å². The second-order valence-electron chi connectivity index (χ2n) is 4.63. The lowest BCUT2D eigenvalue weighted by Gasteiger charge is -2.28. The summed E-state index contributed by atoms with van der Waals surface area (Å²) in [5.41, 5.74) is 0.781.